The van der Waals surface area contributed by atoms with E-state index in [1.807, 2.05) is 0 Å². The molecule has 1 aliphatic carbocycles. The molecular weight excluding hydrogens is 208 g/mol. The van der Waals surface area contributed by atoms with E-state index in [4.69, 9.17) is 16.3 Å². The predicted octanol–water partition coefficient (Wildman–Crippen LogP) is 2.94. The summed E-state index contributed by atoms with van der Waals surface area (Å²) in [5, 5.41) is 0.299. The zero-order chi connectivity index (χ0) is 10.3. The Bertz CT molecular complexity index is 350. The Morgan fingerprint density at radius 2 is 1.87 bits per heavy atom. The molecule has 1 atom stereocenters. The summed E-state index contributed by atoms with van der Waals surface area (Å²) in [5.41, 5.74) is 2.92. The van der Waals surface area contributed by atoms with E-state index in [1.165, 1.54) is 11.1 Å². The largest absolute Gasteiger partial charge is 0.374 e. The Labute approximate surface area is 95.4 Å². The van der Waals surface area contributed by atoms with Crippen LogP contribution in [-0.2, 0) is 17.6 Å². The van der Waals surface area contributed by atoms with Crippen molar-refractivity contribution >= 4 is 11.6 Å². The van der Waals surface area contributed by atoms with Crippen molar-refractivity contribution in [1.82, 2.24) is 0 Å². The van der Waals surface area contributed by atoms with Gasteiger partial charge in [0.2, 0.25) is 0 Å². The molecule has 1 aliphatic heterocycles. The lowest BCUT2D eigenvalue weighted by molar-refractivity contribution is -0.0688. The molecule has 15 heavy (non-hydrogen) atoms. The first-order valence-electron chi connectivity index (χ1n) is 5.62. The Balaban J connectivity index is 1.87. The molecule has 80 valence electrons. The molecule has 0 N–H and O–H groups in total. The number of benzene rings is 1. The fourth-order valence-electron chi connectivity index (χ4n) is 2.87. The lowest BCUT2D eigenvalue weighted by Gasteiger charge is -2.36. The lowest BCUT2D eigenvalue weighted by atomic mass is 9.90. The van der Waals surface area contributed by atoms with Crippen molar-refractivity contribution in [2.24, 2.45) is 0 Å². The minimum Gasteiger partial charge on any atom is -0.374 e. The Morgan fingerprint density at radius 3 is 2.47 bits per heavy atom. The minimum absolute atomic E-state index is 0.0222. The lowest BCUT2D eigenvalue weighted by Crippen LogP contribution is -2.41. The third-order valence-electron chi connectivity index (χ3n) is 3.58. The number of rotatable bonds is 0. The number of ether oxygens (including phenoxy) is 1. The molecule has 3 rings (SSSR count). The monoisotopic (exact) mass is 222 g/mol. The zero-order valence-electron chi connectivity index (χ0n) is 8.71. The predicted molar refractivity (Wildman–Crippen MR) is 61.4 cm³/mol. The van der Waals surface area contributed by atoms with Gasteiger partial charge in [-0.25, -0.2) is 0 Å². The minimum atomic E-state index is 0.0222. The highest BCUT2D eigenvalue weighted by atomic mass is 35.5. The van der Waals surface area contributed by atoms with E-state index in [1.54, 1.807) is 0 Å². The van der Waals surface area contributed by atoms with Gasteiger partial charge in [-0.15, -0.1) is 11.6 Å². The second-order valence-corrected chi connectivity index (χ2v) is 5.36. The molecule has 0 aromatic heterocycles. The van der Waals surface area contributed by atoms with Gasteiger partial charge in [0.1, 0.15) is 0 Å². The fourth-order valence-corrected chi connectivity index (χ4v) is 3.24. The van der Waals surface area contributed by atoms with E-state index >= 15 is 0 Å². The van der Waals surface area contributed by atoms with Gasteiger partial charge in [-0.2, -0.15) is 0 Å². The van der Waals surface area contributed by atoms with Gasteiger partial charge in [-0.3, -0.25) is 0 Å². The van der Waals surface area contributed by atoms with Crippen LogP contribution in [0.15, 0.2) is 24.3 Å². The summed E-state index contributed by atoms with van der Waals surface area (Å²) >= 11 is 6.25. The highest BCUT2D eigenvalue weighted by Crippen LogP contribution is 2.40. The van der Waals surface area contributed by atoms with Gasteiger partial charge in [0.25, 0.3) is 0 Å². The molecule has 1 heterocycles. The fraction of sp³-hybridized carbons (Fsp3) is 0.538. The molecule has 1 unspecified atom stereocenters. The first-order valence-corrected chi connectivity index (χ1v) is 6.06. The molecule has 0 radical (unpaired) electrons. The van der Waals surface area contributed by atoms with Crippen LogP contribution >= 0.6 is 11.6 Å². The Morgan fingerprint density at radius 1 is 1.20 bits per heavy atom. The van der Waals surface area contributed by atoms with Gasteiger partial charge in [0.05, 0.1) is 5.60 Å². The second-order valence-electron chi connectivity index (χ2n) is 4.74. The van der Waals surface area contributed by atoms with Crippen molar-refractivity contribution in [2.75, 3.05) is 6.61 Å². The van der Waals surface area contributed by atoms with Gasteiger partial charge >= 0.3 is 0 Å². The van der Waals surface area contributed by atoms with Crippen LogP contribution in [0, 0.1) is 0 Å². The van der Waals surface area contributed by atoms with Crippen molar-refractivity contribution in [2.45, 2.75) is 36.7 Å². The van der Waals surface area contributed by atoms with Crippen LogP contribution in [-0.4, -0.2) is 17.6 Å². The van der Waals surface area contributed by atoms with Crippen LogP contribution < -0.4 is 0 Å². The van der Waals surface area contributed by atoms with Crippen molar-refractivity contribution in [3.05, 3.63) is 35.4 Å². The normalized spacial score (nSPS) is 27.9. The number of alkyl halides is 1. The van der Waals surface area contributed by atoms with Crippen LogP contribution in [0.3, 0.4) is 0 Å². The number of halogens is 1. The summed E-state index contributed by atoms with van der Waals surface area (Å²) in [5.74, 6) is 0. The SMILES string of the molecule is ClC1CCOC2(Cc3ccccc3C2)C1. The highest BCUT2D eigenvalue weighted by molar-refractivity contribution is 6.20. The summed E-state index contributed by atoms with van der Waals surface area (Å²) in [6, 6.07) is 8.65. The van der Waals surface area contributed by atoms with Crippen molar-refractivity contribution in [3.8, 4) is 0 Å². The maximum absolute atomic E-state index is 6.25. The summed E-state index contributed by atoms with van der Waals surface area (Å²) < 4.78 is 5.99. The standard InChI is InChI=1S/C13H15ClO/c14-12-5-6-15-13(9-12)7-10-3-1-2-4-11(10)8-13/h1-4,12H,5-9H2. The van der Waals surface area contributed by atoms with E-state index in [9.17, 15) is 0 Å². The molecule has 0 amide bonds. The number of hydrogen-bond acceptors (Lipinski definition) is 1. The number of hydrogen-bond donors (Lipinski definition) is 0. The first-order chi connectivity index (χ1) is 7.27. The van der Waals surface area contributed by atoms with Crippen LogP contribution in [0.5, 0.6) is 0 Å². The first kappa shape index (κ1) is 9.68. The van der Waals surface area contributed by atoms with Crippen molar-refractivity contribution in [1.29, 1.82) is 0 Å². The molecule has 1 nitrogen and oxygen atoms in total. The second kappa shape index (κ2) is 3.50. The van der Waals surface area contributed by atoms with Gasteiger partial charge in [-0.1, -0.05) is 24.3 Å². The Hall–Kier alpha value is -0.530. The summed E-state index contributed by atoms with van der Waals surface area (Å²) in [6.07, 6.45) is 4.10. The van der Waals surface area contributed by atoms with Gasteiger partial charge in [0.15, 0.2) is 0 Å². The van der Waals surface area contributed by atoms with Crippen LogP contribution in [0.1, 0.15) is 24.0 Å². The third kappa shape index (κ3) is 1.68. The van der Waals surface area contributed by atoms with E-state index in [0.717, 1.165) is 32.3 Å². The highest BCUT2D eigenvalue weighted by Gasteiger charge is 2.41. The average molecular weight is 223 g/mol. The molecule has 1 spiro atoms. The molecular formula is C13H15ClO. The van der Waals surface area contributed by atoms with Gasteiger partial charge in [-0.05, 0) is 24.0 Å². The molecule has 0 bridgehead atoms. The molecule has 1 saturated heterocycles. The quantitative estimate of drug-likeness (QED) is 0.614. The van der Waals surface area contributed by atoms with Gasteiger partial charge in [0, 0.05) is 24.8 Å². The Kier molecular flexibility index (Phi) is 2.26. The summed E-state index contributed by atoms with van der Waals surface area (Å²) in [4.78, 5) is 0. The van der Waals surface area contributed by atoms with E-state index in [0.29, 0.717) is 5.38 Å². The van der Waals surface area contributed by atoms with E-state index < -0.39 is 0 Å². The van der Waals surface area contributed by atoms with E-state index in [2.05, 4.69) is 24.3 Å². The summed E-state index contributed by atoms with van der Waals surface area (Å²) in [6.45, 7) is 0.822. The van der Waals surface area contributed by atoms with Crippen LogP contribution in [0.25, 0.3) is 0 Å². The molecule has 1 aromatic rings. The molecule has 2 aliphatic rings. The van der Waals surface area contributed by atoms with Crippen LogP contribution in [0.4, 0.5) is 0 Å². The van der Waals surface area contributed by atoms with E-state index in [-0.39, 0.29) is 5.60 Å². The zero-order valence-corrected chi connectivity index (χ0v) is 9.46. The smallest absolute Gasteiger partial charge is 0.0777 e. The van der Waals surface area contributed by atoms with Crippen molar-refractivity contribution in [3.63, 3.8) is 0 Å². The molecule has 1 aromatic carbocycles. The average Bonchev–Trinajstić information content (AvgIpc) is 2.54. The van der Waals surface area contributed by atoms with Crippen LogP contribution in [0.2, 0.25) is 0 Å². The summed E-state index contributed by atoms with van der Waals surface area (Å²) in [7, 11) is 0. The molecule has 0 saturated carbocycles. The topological polar surface area (TPSA) is 9.23 Å². The van der Waals surface area contributed by atoms with Gasteiger partial charge < -0.3 is 4.74 Å². The molecule has 2 heteroatoms. The number of fused-ring (bicyclic) bond motifs is 1. The molecule has 1 fully saturated rings. The maximum Gasteiger partial charge on any atom is 0.0777 e. The van der Waals surface area contributed by atoms with Crippen molar-refractivity contribution < 1.29 is 4.74 Å². The third-order valence-corrected chi connectivity index (χ3v) is 3.95. The maximum atomic E-state index is 6.25.